The lowest BCUT2D eigenvalue weighted by Crippen LogP contribution is -2.45. The Labute approximate surface area is 99.4 Å². The standard InChI is InChI=1S/C14H25NO/c1-2-3-10-15-11-5-4-8-13(15)12-7-6-9-14(12)16/h12-13H,2-11H2,1H3. The van der Waals surface area contributed by atoms with Crippen LogP contribution in [-0.4, -0.2) is 29.8 Å². The zero-order chi connectivity index (χ0) is 11.4. The van der Waals surface area contributed by atoms with Crippen molar-refractivity contribution < 1.29 is 4.79 Å². The molecule has 16 heavy (non-hydrogen) atoms. The summed E-state index contributed by atoms with van der Waals surface area (Å²) in [5.74, 6) is 0.936. The van der Waals surface area contributed by atoms with E-state index in [0.717, 1.165) is 19.3 Å². The summed E-state index contributed by atoms with van der Waals surface area (Å²) in [7, 11) is 0. The number of carbonyl (C=O) groups is 1. The van der Waals surface area contributed by atoms with Gasteiger partial charge >= 0.3 is 0 Å². The number of likely N-dealkylation sites (tertiary alicyclic amines) is 1. The Morgan fingerprint density at radius 3 is 2.81 bits per heavy atom. The van der Waals surface area contributed by atoms with Crippen molar-refractivity contribution in [2.75, 3.05) is 13.1 Å². The van der Waals surface area contributed by atoms with E-state index in [1.54, 1.807) is 0 Å². The van der Waals surface area contributed by atoms with E-state index in [1.807, 2.05) is 0 Å². The predicted octanol–water partition coefficient (Wildman–Crippen LogP) is 3.01. The van der Waals surface area contributed by atoms with E-state index >= 15 is 0 Å². The van der Waals surface area contributed by atoms with Crippen LogP contribution < -0.4 is 0 Å². The van der Waals surface area contributed by atoms with Gasteiger partial charge in [0.25, 0.3) is 0 Å². The first-order valence-electron chi connectivity index (χ1n) is 7.09. The highest BCUT2D eigenvalue weighted by molar-refractivity contribution is 5.83. The van der Waals surface area contributed by atoms with E-state index < -0.39 is 0 Å². The third-order valence-electron chi connectivity index (χ3n) is 4.28. The fourth-order valence-electron chi connectivity index (χ4n) is 3.36. The number of unbranched alkanes of at least 4 members (excludes halogenated alkanes) is 1. The number of piperidine rings is 1. The molecule has 1 saturated heterocycles. The first-order valence-corrected chi connectivity index (χ1v) is 7.09. The summed E-state index contributed by atoms with van der Waals surface area (Å²) in [5, 5.41) is 0. The fourth-order valence-corrected chi connectivity index (χ4v) is 3.36. The van der Waals surface area contributed by atoms with E-state index in [4.69, 9.17) is 0 Å². The lowest BCUT2D eigenvalue weighted by molar-refractivity contribution is -0.123. The molecular formula is C14H25NO. The third-order valence-corrected chi connectivity index (χ3v) is 4.28. The van der Waals surface area contributed by atoms with E-state index in [9.17, 15) is 4.79 Å². The van der Waals surface area contributed by atoms with Crippen LogP contribution >= 0.6 is 0 Å². The van der Waals surface area contributed by atoms with Gasteiger partial charge in [-0.2, -0.15) is 0 Å². The second-order valence-electron chi connectivity index (χ2n) is 5.42. The van der Waals surface area contributed by atoms with E-state index in [2.05, 4.69) is 11.8 Å². The molecule has 0 aromatic rings. The summed E-state index contributed by atoms with van der Waals surface area (Å²) in [6.07, 6.45) is 9.63. The molecule has 2 heteroatoms. The summed E-state index contributed by atoms with van der Waals surface area (Å²) in [6.45, 7) is 4.69. The van der Waals surface area contributed by atoms with Gasteiger partial charge in [0.05, 0.1) is 0 Å². The van der Waals surface area contributed by atoms with Crippen LogP contribution in [0.3, 0.4) is 0 Å². The van der Waals surface area contributed by atoms with Crippen LogP contribution in [0.15, 0.2) is 0 Å². The van der Waals surface area contributed by atoms with Crippen LogP contribution in [0, 0.1) is 5.92 Å². The normalized spacial score (nSPS) is 32.2. The van der Waals surface area contributed by atoms with Crippen molar-refractivity contribution in [3.63, 3.8) is 0 Å². The number of hydrogen-bond donors (Lipinski definition) is 0. The minimum Gasteiger partial charge on any atom is -0.300 e. The van der Waals surface area contributed by atoms with Crippen LogP contribution in [0.25, 0.3) is 0 Å². The number of rotatable bonds is 4. The largest absolute Gasteiger partial charge is 0.300 e. The highest BCUT2D eigenvalue weighted by Gasteiger charge is 2.36. The van der Waals surface area contributed by atoms with Gasteiger partial charge in [0, 0.05) is 18.4 Å². The molecule has 1 aliphatic carbocycles. The topological polar surface area (TPSA) is 20.3 Å². The van der Waals surface area contributed by atoms with Crippen molar-refractivity contribution in [2.45, 2.75) is 64.3 Å². The Hall–Kier alpha value is -0.370. The van der Waals surface area contributed by atoms with Gasteiger partial charge in [0.15, 0.2) is 0 Å². The number of carbonyl (C=O) groups excluding carboxylic acids is 1. The molecule has 2 aliphatic rings. The Balaban J connectivity index is 1.95. The van der Waals surface area contributed by atoms with E-state index in [-0.39, 0.29) is 0 Å². The van der Waals surface area contributed by atoms with Gasteiger partial charge < -0.3 is 0 Å². The van der Waals surface area contributed by atoms with Crippen molar-refractivity contribution in [1.82, 2.24) is 4.90 Å². The molecule has 2 rings (SSSR count). The summed E-state index contributed by atoms with van der Waals surface area (Å²) in [4.78, 5) is 14.5. The zero-order valence-electron chi connectivity index (χ0n) is 10.6. The molecule has 0 amide bonds. The van der Waals surface area contributed by atoms with E-state index in [0.29, 0.717) is 17.7 Å². The summed E-state index contributed by atoms with van der Waals surface area (Å²) in [5.41, 5.74) is 0. The van der Waals surface area contributed by atoms with Crippen LogP contribution in [0.2, 0.25) is 0 Å². The van der Waals surface area contributed by atoms with Gasteiger partial charge in [0.2, 0.25) is 0 Å². The maximum atomic E-state index is 11.9. The van der Waals surface area contributed by atoms with Crippen LogP contribution in [0.4, 0.5) is 0 Å². The minimum absolute atomic E-state index is 0.386. The average Bonchev–Trinajstić information content (AvgIpc) is 2.73. The molecule has 0 N–H and O–H groups in total. The molecule has 1 heterocycles. The molecule has 1 aliphatic heterocycles. The molecule has 2 nitrogen and oxygen atoms in total. The number of Topliss-reactive ketones (excluding diaryl/α,β-unsaturated/α-hetero) is 1. The van der Waals surface area contributed by atoms with E-state index in [1.165, 1.54) is 45.2 Å². The van der Waals surface area contributed by atoms with Gasteiger partial charge in [-0.1, -0.05) is 19.8 Å². The Morgan fingerprint density at radius 1 is 1.25 bits per heavy atom. The zero-order valence-corrected chi connectivity index (χ0v) is 10.6. The first-order chi connectivity index (χ1) is 7.83. The monoisotopic (exact) mass is 223 g/mol. The maximum Gasteiger partial charge on any atom is 0.137 e. The van der Waals surface area contributed by atoms with Gasteiger partial charge in [-0.25, -0.2) is 0 Å². The highest BCUT2D eigenvalue weighted by atomic mass is 16.1. The Bertz CT molecular complexity index is 239. The minimum atomic E-state index is 0.386. The molecule has 92 valence electrons. The highest BCUT2D eigenvalue weighted by Crippen LogP contribution is 2.32. The Morgan fingerprint density at radius 2 is 2.12 bits per heavy atom. The fraction of sp³-hybridized carbons (Fsp3) is 0.929. The molecule has 2 fully saturated rings. The molecular weight excluding hydrogens is 198 g/mol. The molecule has 0 bridgehead atoms. The van der Waals surface area contributed by atoms with Crippen LogP contribution in [0.1, 0.15) is 58.3 Å². The van der Waals surface area contributed by atoms with Crippen molar-refractivity contribution >= 4 is 5.78 Å². The SMILES string of the molecule is CCCCN1CCCCC1C1CCCC1=O. The van der Waals surface area contributed by atoms with Crippen molar-refractivity contribution in [1.29, 1.82) is 0 Å². The van der Waals surface area contributed by atoms with Crippen LogP contribution in [0.5, 0.6) is 0 Å². The third kappa shape index (κ3) is 2.65. The molecule has 0 aromatic heterocycles. The number of nitrogens with zero attached hydrogens (tertiary/aromatic N) is 1. The summed E-state index contributed by atoms with van der Waals surface area (Å²) in [6, 6.07) is 0.593. The molecule has 2 unspecified atom stereocenters. The number of ketones is 1. The second-order valence-corrected chi connectivity index (χ2v) is 5.42. The first kappa shape index (κ1) is 12.1. The van der Waals surface area contributed by atoms with Gasteiger partial charge in [-0.3, -0.25) is 9.69 Å². The summed E-state index contributed by atoms with van der Waals surface area (Å²) < 4.78 is 0. The number of hydrogen-bond acceptors (Lipinski definition) is 2. The molecule has 1 saturated carbocycles. The van der Waals surface area contributed by atoms with Crippen LogP contribution in [-0.2, 0) is 4.79 Å². The van der Waals surface area contributed by atoms with Gasteiger partial charge in [-0.15, -0.1) is 0 Å². The van der Waals surface area contributed by atoms with Crippen molar-refractivity contribution in [3.8, 4) is 0 Å². The molecule has 0 radical (unpaired) electrons. The lowest BCUT2D eigenvalue weighted by atomic mass is 9.88. The van der Waals surface area contributed by atoms with Crippen molar-refractivity contribution in [3.05, 3.63) is 0 Å². The average molecular weight is 223 g/mol. The smallest absolute Gasteiger partial charge is 0.137 e. The molecule has 0 aromatic carbocycles. The predicted molar refractivity (Wildman–Crippen MR) is 66.5 cm³/mol. The van der Waals surface area contributed by atoms with Gasteiger partial charge in [0.1, 0.15) is 5.78 Å². The Kier molecular flexibility index (Phi) is 4.39. The molecule has 2 atom stereocenters. The quantitative estimate of drug-likeness (QED) is 0.730. The van der Waals surface area contributed by atoms with Gasteiger partial charge in [-0.05, 0) is 45.2 Å². The lowest BCUT2D eigenvalue weighted by Gasteiger charge is -2.38. The molecule has 0 spiro atoms. The second kappa shape index (κ2) is 5.81. The summed E-state index contributed by atoms with van der Waals surface area (Å²) >= 11 is 0. The van der Waals surface area contributed by atoms with Crippen molar-refractivity contribution in [2.24, 2.45) is 5.92 Å². The maximum absolute atomic E-state index is 11.9.